The number of hydrogen-bond acceptors (Lipinski definition) is 3. The summed E-state index contributed by atoms with van der Waals surface area (Å²) in [5, 5.41) is 3.40. The van der Waals surface area contributed by atoms with Gasteiger partial charge in [0.15, 0.2) is 0 Å². The van der Waals surface area contributed by atoms with E-state index in [0.29, 0.717) is 6.04 Å². The minimum absolute atomic E-state index is 0.556. The Balaban J connectivity index is 1.89. The first kappa shape index (κ1) is 12.2. The van der Waals surface area contributed by atoms with Crippen LogP contribution in [-0.2, 0) is 0 Å². The molecule has 0 bridgehead atoms. The summed E-state index contributed by atoms with van der Waals surface area (Å²) in [7, 11) is 1.69. The van der Waals surface area contributed by atoms with Gasteiger partial charge in [0.05, 0.1) is 7.11 Å². The molecule has 0 spiro atoms. The summed E-state index contributed by atoms with van der Waals surface area (Å²) in [6.07, 6.45) is 6.32. The van der Waals surface area contributed by atoms with Gasteiger partial charge in [0.1, 0.15) is 11.6 Å². The Kier molecular flexibility index (Phi) is 3.51. The molecule has 1 fully saturated rings. The minimum atomic E-state index is 0.556. The summed E-state index contributed by atoms with van der Waals surface area (Å²) in [5.41, 5.74) is 1.14. The van der Waals surface area contributed by atoms with E-state index in [-0.39, 0.29) is 0 Å². The Labute approximate surface area is 113 Å². The van der Waals surface area contributed by atoms with Gasteiger partial charge in [-0.25, -0.2) is 4.98 Å². The number of ether oxygens (including phenoxy) is 1. The second-order valence-corrected chi connectivity index (χ2v) is 4.87. The molecule has 19 heavy (non-hydrogen) atoms. The fraction of sp³-hybridized carbons (Fsp3) is 0.400. The molecule has 0 atom stereocenters. The molecule has 2 aromatic rings. The van der Waals surface area contributed by atoms with Gasteiger partial charge < -0.3 is 14.6 Å². The number of benzene rings is 1. The zero-order valence-corrected chi connectivity index (χ0v) is 11.2. The van der Waals surface area contributed by atoms with Crippen LogP contribution in [0.1, 0.15) is 18.9 Å². The molecule has 0 unspecified atom stereocenters. The fourth-order valence-corrected chi connectivity index (χ4v) is 2.66. The first-order valence-corrected chi connectivity index (χ1v) is 6.76. The van der Waals surface area contributed by atoms with Gasteiger partial charge in [-0.1, -0.05) is 0 Å². The third-order valence-corrected chi connectivity index (χ3v) is 3.72. The SMILES string of the molecule is COc1ccc(-c2nccn2C2CCNCC2)cc1. The lowest BCUT2D eigenvalue weighted by Crippen LogP contribution is -2.29. The highest BCUT2D eigenvalue weighted by atomic mass is 16.5. The van der Waals surface area contributed by atoms with Crippen molar-refractivity contribution in [1.29, 1.82) is 0 Å². The number of rotatable bonds is 3. The normalized spacial score (nSPS) is 16.5. The molecular weight excluding hydrogens is 238 g/mol. The molecular formula is C15H19N3O. The predicted octanol–water partition coefficient (Wildman–Crippen LogP) is 2.48. The second-order valence-electron chi connectivity index (χ2n) is 4.87. The van der Waals surface area contributed by atoms with E-state index in [1.807, 2.05) is 18.3 Å². The molecule has 1 aliphatic heterocycles. The van der Waals surface area contributed by atoms with Crippen molar-refractivity contribution in [3.8, 4) is 17.1 Å². The van der Waals surface area contributed by atoms with Crippen LogP contribution >= 0.6 is 0 Å². The number of piperidine rings is 1. The summed E-state index contributed by atoms with van der Waals surface area (Å²) in [4.78, 5) is 4.52. The van der Waals surface area contributed by atoms with Crippen LogP contribution in [0.15, 0.2) is 36.7 Å². The zero-order chi connectivity index (χ0) is 13.1. The number of nitrogens with zero attached hydrogens (tertiary/aromatic N) is 2. The molecule has 1 N–H and O–H groups in total. The van der Waals surface area contributed by atoms with Crippen LogP contribution in [0.2, 0.25) is 0 Å². The molecule has 2 heterocycles. The van der Waals surface area contributed by atoms with Crippen molar-refractivity contribution in [2.45, 2.75) is 18.9 Å². The minimum Gasteiger partial charge on any atom is -0.497 e. The third-order valence-electron chi connectivity index (χ3n) is 3.72. The smallest absolute Gasteiger partial charge is 0.140 e. The third kappa shape index (κ3) is 2.49. The maximum Gasteiger partial charge on any atom is 0.140 e. The van der Waals surface area contributed by atoms with E-state index >= 15 is 0 Å². The maximum absolute atomic E-state index is 5.20. The van der Waals surface area contributed by atoms with Gasteiger partial charge in [0.25, 0.3) is 0 Å². The molecule has 4 nitrogen and oxygen atoms in total. The van der Waals surface area contributed by atoms with Gasteiger partial charge in [0.2, 0.25) is 0 Å². The number of imidazole rings is 1. The molecule has 0 amide bonds. The average Bonchev–Trinajstić information content (AvgIpc) is 2.98. The standard InChI is InChI=1S/C15H19N3O/c1-19-14-4-2-12(3-5-14)15-17-10-11-18(15)13-6-8-16-9-7-13/h2-5,10-11,13,16H,6-9H2,1H3. The van der Waals surface area contributed by atoms with Crippen LogP contribution < -0.4 is 10.1 Å². The van der Waals surface area contributed by atoms with Crippen LogP contribution in [-0.4, -0.2) is 29.8 Å². The molecule has 0 saturated carbocycles. The van der Waals surface area contributed by atoms with Gasteiger partial charge >= 0.3 is 0 Å². The lowest BCUT2D eigenvalue weighted by molar-refractivity contribution is 0.370. The van der Waals surface area contributed by atoms with Crippen molar-refractivity contribution in [1.82, 2.24) is 14.9 Å². The summed E-state index contributed by atoms with van der Waals surface area (Å²) in [6.45, 7) is 2.18. The highest BCUT2D eigenvalue weighted by Crippen LogP contribution is 2.27. The Morgan fingerprint density at radius 1 is 1.21 bits per heavy atom. The van der Waals surface area contributed by atoms with Gasteiger partial charge in [0, 0.05) is 24.0 Å². The van der Waals surface area contributed by atoms with Crippen molar-refractivity contribution < 1.29 is 4.74 Å². The molecule has 0 aliphatic carbocycles. The summed E-state index contributed by atoms with van der Waals surface area (Å²) in [5.74, 6) is 1.93. The first-order chi connectivity index (χ1) is 9.38. The van der Waals surface area contributed by atoms with E-state index in [0.717, 1.165) is 30.2 Å². The van der Waals surface area contributed by atoms with Gasteiger partial charge in [-0.3, -0.25) is 0 Å². The topological polar surface area (TPSA) is 39.1 Å². The van der Waals surface area contributed by atoms with Crippen LogP contribution in [0, 0.1) is 0 Å². The summed E-state index contributed by atoms with van der Waals surface area (Å²) < 4.78 is 7.51. The molecule has 1 saturated heterocycles. The quantitative estimate of drug-likeness (QED) is 0.918. The monoisotopic (exact) mass is 257 g/mol. The summed E-state index contributed by atoms with van der Waals surface area (Å²) >= 11 is 0. The van der Waals surface area contributed by atoms with Gasteiger partial charge in [-0.2, -0.15) is 0 Å². The Morgan fingerprint density at radius 2 is 1.95 bits per heavy atom. The first-order valence-electron chi connectivity index (χ1n) is 6.76. The second kappa shape index (κ2) is 5.45. The van der Waals surface area contributed by atoms with E-state index in [9.17, 15) is 0 Å². The Hall–Kier alpha value is -1.81. The zero-order valence-electron chi connectivity index (χ0n) is 11.2. The highest BCUT2D eigenvalue weighted by molar-refractivity contribution is 5.57. The van der Waals surface area contributed by atoms with Gasteiger partial charge in [-0.15, -0.1) is 0 Å². The van der Waals surface area contributed by atoms with Crippen LogP contribution in [0.4, 0.5) is 0 Å². The Bertz CT molecular complexity index is 527. The molecule has 1 aromatic carbocycles. The Morgan fingerprint density at radius 3 is 2.63 bits per heavy atom. The number of hydrogen-bond donors (Lipinski definition) is 1. The highest BCUT2D eigenvalue weighted by Gasteiger charge is 2.18. The van der Waals surface area contributed by atoms with Crippen molar-refractivity contribution in [2.75, 3.05) is 20.2 Å². The lowest BCUT2D eigenvalue weighted by atomic mass is 10.1. The van der Waals surface area contributed by atoms with Crippen molar-refractivity contribution in [2.24, 2.45) is 0 Å². The van der Waals surface area contributed by atoms with E-state index in [1.165, 1.54) is 12.8 Å². The fourth-order valence-electron chi connectivity index (χ4n) is 2.66. The average molecular weight is 257 g/mol. The van der Waals surface area contributed by atoms with Crippen molar-refractivity contribution >= 4 is 0 Å². The molecule has 4 heteroatoms. The summed E-state index contributed by atoms with van der Waals surface area (Å²) in [6, 6.07) is 8.66. The van der Waals surface area contributed by atoms with E-state index in [4.69, 9.17) is 4.74 Å². The molecule has 0 radical (unpaired) electrons. The van der Waals surface area contributed by atoms with Crippen LogP contribution in [0.25, 0.3) is 11.4 Å². The van der Waals surface area contributed by atoms with Gasteiger partial charge in [-0.05, 0) is 50.2 Å². The van der Waals surface area contributed by atoms with E-state index in [2.05, 4.69) is 33.2 Å². The van der Waals surface area contributed by atoms with Crippen LogP contribution in [0.5, 0.6) is 5.75 Å². The molecule has 3 rings (SSSR count). The number of nitrogens with one attached hydrogen (secondary N) is 1. The largest absolute Gasteiger partial charge is 0.497 e. The number of methoxy groups -OCH3 is 1. The van der Waals surface area contributed by atoms with Crippen molar-refractivity contribution in [3.63, 3.8) is 0 Å². The molecule has 1 aromatic heterocycles. The predicted molar refractivity (Wildman–Crippen MR) is 75.4 cm³/mol. The van der Waals surface area contributed by atoms with E-state index < -0.39 is 0 Å². The lowest BCUT2D eigenvalue weighted by Gasteiger charge is -2.25. The van der Waals surface area contributed by atoms with E-state index in [1.54, 1.807) is 7.11 Å². The van der Waals surface area contributed by atoms with Crippen LogP contribution in [0.3, 0.4) is 0 Å². The molecule has 100 valence electrons. The maximum atomic E-state index is 5.20. The molecule has 1 aliphatic rings. The van der Waals surface area contributed by atoms with Crippen molar-refractivity contribution in [3.05, 3.63) is 36.7 Å². The number of aromatic nitrogens is 2.